The maximum Gasteiger partial charge on any atom is 0.251 e. The summed E-state index contributed by atoms with van der Waals surface area (Å²) < 4.78 is 11.3. The second-order valence-corrected chi connectivity index (χ2v) is 6.21. The molecular weight excluding hydrogens is 278 g/mol. The number of benzene rings is 1. The van der Waals surface area contributed by atoms with E-state index >= 15 is 0 Å². The quantitative estimate of drug-likeness (QED) is 0.839. The molecule has 3 atom stereocenters. The standard InChI is InChI=1S/C18H25NO3/c1-14(22-13-16-9-6-12-21-16)18(20)19-11-5-10-17(19)15-7-3-2-4-8-15/h2-4,7-8,14,16-17H,5-6,9-13H2,1H3/t14-,16-,17+/m0/s1. The molecule has 2 fully saturated rings. The number of nitrogens with zero attached hydrogens (tertiary/aromatic N) is 1. The molecule has 0 spiro atoms. The van der Waals surface area contributed by atoms with Gasteiger partial charge in [0.15, 0.2) is 0 Å². The first-order valence-electron chi connectivity index (χ1n) is 8.34. The number of likely N-dealkylation sites (tertiary alicyclic amines) is 1. The fourth-order valence-corrected chi connectivity index (χ4v) is 3.38. The van der Waals surface area contributed by atoms with Crippen LogP contribution < -0.4 is 0 Å². The summed E-state index contributed by atoms with van der Waals surface area (Å²) in [6, 6.07) is 10.5. The van der Waals surface area contributed by atoms with Crippen molar-refractivity contribution in [3.63, 3.8) is 0 Å². The fraction of sp³-hybridized carbons (Fsp3) is 0.611. The monoisotopic (exact) mass is 303 g/mol. The highest BCUT2D eigenvalue weighted by Gasteiger charge is 2.33. The Morgan fingerprint density at radius 2 is 2.14 bits per heavy atom. The summed E-state index contributed by atoms with van der Waals surface area (Å²) in [6.45, 7) is 4.03. The number of rotatable bonds is 5. The van der Waals surface area contributed by atoms with Crippen molar-refractivity contribution >= 4 is 5.91 Å². The van der Waals surface area contributed by atoms with E-state index in [0.29, 0.717) is 6.61 Å². The van der Waals surface area contributed by atoms with Crippen LogP contribution in [0.2, 0.25) is 0 Å². The molecule has 0 bridgehead atoms. The van der Waals surface area contributed by atoms with Crippen LogP contribution in [0.15, 0.2) is 30.3 Å². The Morgan fingerprint density at radius 1 is 1.32 bits per heavy atom. The summed E-state index contributed by atoms with van der Waals surface area (Å²) >= 11 is 0. The third kappa shape index (κ3) is 3.50. The molecule has 0 radical (unpaired) electrons. The predicted octanol–water partition coefficient (Wildman–Crippen LogP) is 2.93. The van der Waals surface area contributed by atoms with Crippen LogP contribution in [0.4, 0.5) is 0 Å². The Labute approximate surface area is 132 Å². The van der Waals surface area contributed by atoms with E-state index in [2.05, 4.69) is 12.1 Å². The third-order valence-electron chi connectivity index (χ3n) is 4.62. The van der Waals surface area contributed by atoms with Gasteiger partial charge in [0.05, 0.1) is 18.8 Å². The Balaban J connectivity index is 1.58. The van der Waals surface area contributed by atoms with Crippen LogP contribution in [-0.4, -0.2) is 42.8 Å². The van der Waals surface area contributed by atoms with Gasteiger partial charge in [-0.05, 0) is 38.2 Å². The Kier molecular flexibility index (Phi) is 5.11. The van der Waals surface area contributed by atoms with Crippen molar-refractivity contribution in [1.82, 2.24) is 4.90 Å². The normalized spacial score (nSPS) is 26.3. The molecule has 22 heavy (non-hydrogen) atoms. The Hall–Kier alpha value is -1.39. The Morgan fingerprint density at radius 3 is 2.86 bits per heavy atom. The molecule has 0 N–H and O–H groups in total. The van der Waals surface area contributed by atoms with E-state index in [1.807, 2.05) is 30.0 Å². The zero-order valence-electron chi connectivity index (χ0n) is 13.2. The Bertz CT molecular complexity index is 484. The fourth-order valence-electron chi connectivity index (χ4n) is 3.38. The largest absolute Gasteiger partial charge is 0.376 e. The van der Waals surface area contributed by atoms with Crippen LogP contribution in [0.25, 0.3) is 0 Å². The number of hydrogen-bond acceptors (Lipinski definition) is 3. The van der Waals surface area contributed by atoms with E-state index in [1.165, 1.54) is 5.56 Å². The molecule has 2 saturated heterocycles. The maximum atomic E-state index is 12.7. The molecule has 0 saturated carbocycles. The van der Waals surface area contributed by atoms with Crippen molar-refractivity contribution < 1.29 is 14.3 Å². The van der Waals surface area contributed by atoms with Crippen LogP contribution in [0.1, 0.15) is 44.2 Å². The van der Waals surface area contributed by atoms with Crippen LogP contribution in [-0.2, 0) is 14.3 Å². The predicted molar refractivity (Wildman–Crippen MR) is 84.5 cm³/mol. The zero-order chi connectivity index (χ0) is 15.4. The van der Waals surface area contributed by atoms with Gasteiger partial charge in [0, 0.05) is 13.2 Å². The van der Waals surface area contributed by atoms with Crippen LogP contribution in [0.3, 0.4) is 0 Å². The highest BCUT2D eigenvalue weighted by atomic mass is 16.5. The minimum atomic E-state index is -0.395. The van der Waals surface area contributed by atoms with Crippen molar-refractivity contribution in [3.8, 4) is 0 Å². The summed E-state index contributed by atoms with van der Waals surface area (Å²) in [5, 5.41) is 0. The van der Waals surface area contributed by atoms with Crippen LogP contribution in [0.5, 0.6) is 0 Å². The van der Waals surface area contributed by atoms with Gasteiger partial charge in [-0.3, -0.25) is 4.79 Å². The first kappa shape index (κ1) is 15.5. The molecule has 4 heteroatoms. The van der Waals surface area contributed by atoms with Crippen molar-refractivity contribution in [2.24, 2.45) is 0 Å². The van der Waals surface area contributed by atoms with E-state index in [9.17, 15) is 4.79 Å². The lowest BCUT2D eigenvalue weighted by molar-refractivity contribution is -0.145. The molecule has 2 heterocycles. The lowest BCUT2D eigenvalue weighted by Crippen LogP contribution is -2.39. The van der Waals surface area contributed by atoms with Crippen molar-refractivity contribution in [2.45, 2.75) is 50.9 Å². The van der Waals surface area contributed by atoms with Crippen LogP contribution >= 0.6 is 0 Å². The van der Waals surface area contributed by atoms with Gasteiger partial charge in [-0.2, -0.15) is 0 Å². The van der Waals surface area contributed by atoms with Crippen molar-refractivity contribution in [3.05, 3.63) is 35.9 Å². The first-order chi connectivity index (χ1) is 10.8. The second-order valence-electron chi connectivity index (χ2n) is 6.21. The second kappa shape index (κ2) is 7.25. The summed E-state index contributed by atoms with van der Waals surface area (Å²) in [5.41, 5.74) is 1.22. The molecule has 0 aromatic heterocycles. The van der Waals surface area contributed by atoms with Crippen molar-refractivity contribution in [1.29, 1.82) is 0 Å². The topological polar surface area (TPSA) is 38.8 Å². The average molecular weight is 303 g/mol. The van der Waals surface area contributed by atoms with Crippen molar-refractivity contribution in [2.75, 3.05) is 19.8 Å². The van der Waals surface area contributed by atoms with Gasteiger partial charge in [0.1, 0.15) is 6.10 Å². The molecule has 1 amide bonds. The lowest BCUT2D eigenvalue weighted by atomic mass is 10.0. The van der Waals surface area contributed by atoms with Gasteiger partial charge in [-0.15, -0.1) is 0 Å². The molecule has 3 rings (SSSR count). The SMILES string of the molecule is C[C@H](OC[C@@H]1CCCO1)C(=O)N1CCC[C@@H]1c1ccccc1. The number of amides is 1. The summed E-state index contributed by atoms with van der Waals surface area (Å²) in [5.74, 6) is 0.101. The third-order valence-corrected chi connectivity index (χ3v) is 4.62. The van der Waals surface area contributed by atoms with Gasteiger partial charge in [0.2, 0.25) is 0 Å². The van der Waals surface area contributed by atoms with Gasteiger partial charge >= 0.3 is 0 Å². The molecule has 2 aliphatic rings. The average Bonchev–Trinajstić information content (AvgIpc) is 3.24. The summed E-state index contributed by atoms with van der Waals surface area (Å²) in [6.07, 6.45) is 4.00. The maximum absolute atomic E-state index is 12.7. The molecule has 0 unspecified atom stereocenters. The number of carbonyl (C=O) groups is 1. The minimum absolute atomic E-state index is 0.101. The van der Waals surface area contributed by atoms with E-state index < -0.39 is 6.10 Å². The minimum Gasteiger partial charge on any atom is -0.376 e. The molecule has 120 valence electrons. The van der Waals surface area contributed by atoms with Gasteiger partial charge < -0.3 is 14.4 Å². The number of hydrogen-bond donors (Lipinski definition) is 0. The van der Waals surface area contributed by atoms with E-state index in [0.717, 1.165) is 38.8 Å². The molecule has 4 nitrogen and oxygen atoms in total. The molecule has 0 aliphatic carbocycles. The number of ether oxygens (including phenoxy) is 2. The van der Waals surface area contributed by atoms with E-state index in [-0.39, 0.29) is 18.1 Å². The van der Waals surface area contributed by atoms with E-state index in [1.54, 1.807) is 0 Å². The lowest BCUT2D eigenvalue weighted by Gasteiger charge is -2.28. The summed E-state index contributed by atoms with van der Waals surface area (Å²) in [7, 11) is 0. The summed E-state index contributed by atoms with van der Waals surface area (Å²) in [4.78, 5) is 14.7. The first-order valence-corrected chi connectivity index (χ1v) is 8.34. The smallest absolute Gasteiger partial charge is 0.251 e. The molecule has 1 aromatic carbocycles. The highest BCUT2D eigenvalue weighted by molar-refractivity contribution is 5.81. The zero-order valence-corrected chi connectivity index (χ0v) is 13.2. The van der Waals surface area contributed by atoms with Crippen LogP contribution in [0, 0.1) is 0 Å². The van der Waals surface area contributed by atoms with Gasteiger partial charge in [0.25, 0.3) is 5.91 Å². The number of carbonyl (C=O) groups excluding carboxylic acids is 1. The highest BCUT2D eigenvalue weighted by Crippen LogP contribution is 2.32. The molecular formula is C18H25NO3. The van der Waals surface area contributed by atoms with E-state index in [4.69, 9.17) is 9.47 Å². The van der Waals surface area contributed by atoms with Gasteiger partial charge in [-0.25, -0.2) is 0 Å². The molecule has 2 aliphatic heterocycles. The molecule has 1 aromatic rings. The van der Waals surface area contributed by atoms with Gasteiger partial charge in [-0.1, -0.05) is 30.3 Å².